The number of ether oxygens (including phenoxy) is 2. The molecule has 0 spiro atoms. The summed E-state index contributed by atoms with van der Waals surface area (Å²) < 4.78 is 9.74. The molecule has 1 aromatic carbocycles. The molecular formula is C14H20N2O4. The third kappa shape index (κ3) is 3.96. The number of nitrogens with one attached hydrogen (secondary N) is 1. The van der Waals surface area contributed by atoms with E-state index >= 15 is 0 Å². The van der Waals surface area contributed by atoms with Gasteiger partial charge in [-0.15, -0.1) is 0 Å². The summed E-state index contributed by atoms with van der Waals surface area (Å²) in [5.74, 6) is -0.383. The Morgan fingerprint density at radius 3 is 2.60 bits per heavy atom. The van der Waals surface area contributed by atoms with Crippen molar-refractivity contribution in [1.29, 1.82) is 0 Å². The zero-order valence-electron chi connectivity index (χ0n) is 11.9. The number of anilines is 1. The lowest BCUT2D eigenvalue weighted by Crippen LogP contribution is -2.35. The van der Waals surface area contributed by atoms with Gasteiger partial charge in [0.15, 0.2) is 0 Å². The molecule has 0 aliphatic heterocycles. The average Bonchev–Trinajstić information content (AvgIpc) is 2.46. The summed E-state index contributed by atoms with van der Waals surface area (Å²) in [5, 5.41) is 2.64. The van der Waals surface area contributed by atoms with Gasteiger partial charge in [-0.25, -0.2) is 4.79 Å². The molecule has 1 aromatic rings. The summed E-state index contributed by atoms with van der Waals surface area (Å²) >= 11 is 0. The fourth-order valence-electron chi connectivity index (χ4n) is 1.71. The van der Waals surface area contributed by atoms with E-state index in [9.17, 15) is 9.59 Å². The molecule has 6 nitrogen and oxygen atoms in total. The van der Waals surface area contributed by atoms with Gasteiger partial charge in [-0.3, -0.25) is 4.79 Å². The molecular weight excluding hydrogens is 260 g/mol. The van der Waals surface area contributed by atoms with Gasteiger partial charge in [-0.05, 0) is 24.6 Å². The van der Waals surface area contributed by atoms with Crippen molar-refractivity contribution < 1.29 is 19.1 Å². The molecule has 0 aromatic heterocycles. The first kappa shape index (κ1) is 16.0. The van der Waals surface area contributed by atoms with E-state index in [2.05, 4.69) is 10.1 Å². The Hall–Kier alpha value is -2.08. The number of carbonyl (C=O) groups is 2. The second-order valence-corrected chi connectivity index (χ2v) is 4.29. The highest BCUT2D eigenvalue weighted by atomic mass is 16.5. The number of benzene rings is 1. The van der Waals surface area contributed by atoms with Crippen molar-refractivity contribution >= 4 is 17.6 Å². The van der Waals surface area contributed by atoms with Crippen molar-refractivity contribution in [2.24, 2.45) is 5.73 Å². The normalized spacial score (nSPS) is 11.6. The van der Waals surface area contributed by atoms with Gasteiger partial charge in [-0.1, -0.05) is 13.3 Å². The highest BCUT2D eigenvalue weighted by Crippen LogP contribution is 2.23. The monoisotopic (exact) mass is 280 g/mol. The zero-order chi connectivity index (χ0) is 15.1. The van der Waals surface area contributed by atoms with Crippen molar-refractivity contribution in [3.05, 3.63) is 23.8 Å². The number of hydrogen-bond donors (Lipinski definition) is 2. The van der Waals surface area contributed by atoms with E-state index in [4.69, 9.17) is 10.5 Å². The summed E-state index contributed by atoms with van der Waals surface area (Å²) in [4.78, 5) is 23.6. The van der Waals surface area contributed by atoms with Crippen LogP contribution in [0.15, 0.2) is 18.2 Å². The van der Waals surface area contributed by atoms with Crippen LogP contribution < -0.4 is 15.8 Å². The quantitative estimate of drug-likeness (QED) is 0.771. The van der Waals surface area contributed by atoms with E-state index < -0.39 is 12.0 Å². The van der Waals surface area contributed by atoms with E-state index in [-0.39, 0.29) is 11.5 Å². The third-order valence-electron chi connectivity index (χ3n) is 2.83. The SMILES string of the molecule is CCCC(N)C(=O)Nc1ccc(OC)cc1C(=O)OC. The zero-order valence-corrected chi connectivity index (χ0v) is 11.9. The number of esters is 1. The number of nitrogens with two attached hydrogens (primary N) is 1. The van der Waals surface area contributed by atoms with Crippen molar-refractivity contribution in [1.82, 2.24) is 0 Å². The Labute approximate surface area is 118 Å². The van der Waals surface area contributed by atoms with E-state index in [1.807, 2.05) is 6.92 Å². The molecule has 110 valence electrons. The number of carbonyl (C=O) groups excluding carboxylic acids is 2. The van der Waals surface area contributed by atoms with Crippen LogP contribution in [0.2, 0.25) is 0 Å². The first-order valence-corrected chi connectivity index (χ1v) is 6.36. The largest absolute Gasteiger partial charge is 0.497 e. The first-order chi connectivity index (χ1) is 9.53. The molecule has 0 saturated carbocycles. The molecule has 1 unspecified atom stereocenters. The molecule has 0 aliphatic rings. The van der Waals surface area contributed by atoms with Gasteiger partial charge in [0.05, 0.1) is 31.5 Å². The first-order valence-electron chi connectivity index (χ1n) is 6.36. The Morgan fingerprint density at radius 2 is 2.05 bits per heavy atom. The summed E-state index contributed by atoms with van der Waals surface area (Å²) in [6, 6.07) is 4.13. The van der Waals surface area contributed by atoms with Crippen LogP contribution in [0.5, 0.6) is 5.75 Å². The summed E-state index contributed by atoms with van der Waals surface area (Å²) in [6.07, 6.45) is 1.39. The maximum absolute atomic E-state index is 11.9. The molecule has 0 fully saturated rings. The number of methoxy groups -OCH3 is 2. The molecule has 0 radical (unpaired) electrons. The van der Waals surface area contributed by atoms with Crippen molar-refractivity contribution in [2.75, 3.05) is 19.5 Å². The molecule has 1 rings (SSSR count). The highest BCUT2D eigenvalue weighted by molar-refractivity contribution is 6.03. The van der Waals surface area contributed by atoms with E-state index in [1.54, 1.807) is 12.1 Å². The Bertz CT molecular complexity index is 488. The fourth-order valence-corrected chi connectivity index (χ4v) is 1.71. The Balaban J connectivity index is 2.99. The number of hydrogen-bond acceptors (Lipinski definition) is 5. The fraction of sp³-hybridized carbons (Fsp3) is 0.429. The van der Waals surface area contributed by atoms with E-state index in [0.29, 0.717) is 17.9 Å². The van der Waals surface area contributed by atoms with Crippen LogP contribution in [0.3, 0.4) is 0 Å². The lowest BCUT2D eigenvalue weighted by atomic mass is 10.1. The molecule has 20 heavy (non-hydrogen) atoms. The molecule has 0 saturated heterocycles. The Kier molecular flexibility index (Phi) is 5.99. The van der Waals surface area contributed by atoms with Crippen molar-refractivity contribution in [3.8, 4) is 5.75 Å². The van der Waals surface area contributed by atoms with Crippen LogP contribution in [0.25, 0.3) is 0 Å². The summed E-state index contributed by atoms with van der Waals surface area (Å²) in [5.41, 5.74) is 6.32. The van der Waals surface area contributed by atoms with Gasteiger partial charge < -0.3 is 20.5 Å². The van der Waals surface area contributed by atoms with Gasteiger partial charge in [0.1, 0.15) is 5.75 Å². The lowest BCUT2D eigenvalue weighted by molar-refractivity contribution is -0.117. The van der Waals surface area contributed by atoms with Gasteiger partial charge in [-0.2, -0.15) is 0 Å². The molecule has 1 atom stereocenters. The minimum atomic E-state index is -0.604. The van der Waals surface area contributed by atoms with Crippen LogP contribution in [-0.2, 0) is 9.53 Å². The molecule has 0 bridgehead atoms. The van der Waals surface area contributed by atoms with Crippen molar-refractivity contribution in [2.45, 2.75) is 25.8 Å². The van der Waals surface area contributed by atoms with Gasteiger partial charge in [0, 0.05) is 0 Å². The maximum Gasteiger partial charge on any atom is 0.340 e. The lowest BCUT2D eigenvalue weighted by Gasteiger charge is -2.14. The molecule has 0 aliphatic carbocycles. The van der Waals surface area contributed by atoms with Crippen LogP contribution in [-0.4, -0.2) is 32.1 Å². The standard InChI is InChI=1S/C14H20N2O4/c1-4-5-11(15)13(17)16-12-7-6-9(19-2)8-10(12)14(18)20-3/h6-8,11H,4-5,15H2,1-3H3,(H,16,17). The van der Waals surface area contributed by atoms with Crippen LogP contribution >= 0.6 is 0 Å². The van der Waals surface area contributed by atoms with E-state index in [1.165, 1.54) is 20.3 Å². The van der Waals surface area contributed by atoms with Gasteiger partial charge in [0.25, 0.3) is 0 Å². The molecule has 3 N–H and O–H groups in total. The second kappa shape index (κ2) is 7.49. The predicted octanol–water partition coefficient (Wildman–Crippen LogP) is 1.55. The average molecular weight is 280 g/mol. The van der Waals surface area contributed by atoms with Crippen LogP contribution in [0.1, 0.15) is 30.1 Å². The van der Waals surface area contributed by atoms with Crippen LogP contribution in [0.4, 0.5) is 5.69 Å². The highest BCUT2D eigenvalue weighted by Gasteiger charge is 2.18. The molecule has 1 amide bonds. The Morgan fingerprint density at radius 1 is 1.35 bits per heavy atom. The second-order valence-electron chi connectivity index (χ2n) is 4.29. The van der Waals surface area contributed by atoms with Crippen molar-refractivity contribution in [3.63, 3.8) is 0 Å². The van der Waals surface area contributed by atoms with Crippen LogP contribution in [0, 0.1) is 0 Å². The van der Waals surface area contributed by atoms with Gasteiger partial charge >= 0.3 is 5.97 Å². The summed E-state index contributed by atoms with van der Waals surface area (Å²) in [7, 11) is 2.77. The van der Waals surface area contributed by atoms with E-state index in [0.717, 1.165) is 6.42 Å². The smallest absolute Gasteiger partial charge is 0.340 e. The summed E-state index contributed by atoms with van der Waals surface area (Å²) in [6.45, 7) is 1.94. The van der Waals surface area contributed by atoms with Gasteiger partial charge in [0.2, 0.25) is 5.91 Å². The maximum atomic E-state index is 11.9. The minimum Gasteiger partial charge on any atom is -0.497 e. The minimum absolute atomic E-state index is 0.226. The molecule has 0 heterocycles. The molecule has 6 heteroatoms. The topological polar surface area (TPSA) is 90.7 Å². The third-order valence-corrected chi connectivity index (χ3v) is 2.83. The number of rotatable bonds is 6. The predicted molar refractivity (Wildman–Crippen MR) is 75.8 cm³/mol. The number of amides is 1.